The minimum Gasteiger partial charge on any atom is -0.246 e. The maximum atomic E-state index is 5.44. The highest BCUT2D eigenvalue weighted by Crippen LogP contribution is 2.44. The Labute approximate surface area is 299 Å². The van der Waals surface area contributed by atoms with Crippen LogP contribution < -0.4 is 0 Å². The van der Waals surface area contributed by atoms with Crippen LogP contribution in [0.5, 0.6) is 0 Å². The molecule has 3 heterocycles. The summed E-state index contributed by atoms with van der Waals surface area (Å²) >= 11 is 1.83. The Kier molecular flexibility index (Phi) is 7.00. The molecule has 0 spiro atoms. The Hall–Kier alpha value is -6.49. The smallest absolute Gasteiger partial charge is 0.160 e. The lowest BCUT2D eigenvalue weighted by Gasteiger charge is -2.12. The van der Waals surface area contributed by atoms with Crippen molar-refractivity contribution in [2.75, 3.05) is 0 Å². The molecular formula is C47H29N3S. The summed E-state index contributed by atoms with van der Waals surface area (Å²) in [6, 6.07) is 61.8. The average molecular weight is 668 g/mol. The van der Waals surface area contributed by atoms with Gasteiger partial charge < -0.3 is 0 Å². The number of hydrogen-bond acceptors (Lipinski definition) is 4. The standard InChI is InChI=1S/C47H29N3S/c1-3-13-32(14-4-1)40-29-41(33-15-5-2-6-16-33)50-47(49-40)34-24-22-30(23-25-34)35-26-27-38-42(28-35)48-45(37-20-11-17-31-12-7-8-18-36(31)37)46-44(38)39-19-9-10-21-43(39)51-46/h1-29H. The van der Waals surface area contributed by atoms with Gasteiger partial charge in [-0.3, -0.25) is 0 Å². The Morgan fingerprint density at radius 1 is 0.392 bits per heavy atom. The first-order chi connectivity index (χ1) is 25.3. The van der Waals surface area contributed by atoms with Gasteiger partial charge in [0.2, 0.25) is 0 Å². The Balaban J connectivity index is 1.10. The van der Waals surface area contributed by atoms with E-state index in [4.69, 9.17) is 15.0 Å². The van der Waals surface area contributed by atoms with E-state index < -0.39 is 0 Å². The maximum Gasteiger partial charge on any atom is 0.160 e. The van der Waals surface area contributed by atoms with E-state index in [2.05, 4.69) is 140 Å². The predicted molar refractivity (Wildman–Crippen MR) is 215 cm³/mol. The molecule has 3 nitrogen and oxygen atoms in total. The summed E-state index contributed by atoms with van der Waals surface area (Å²) in [7, 11) is 0. The van der Waals surface area contributed by atoms with Gasteiger partial charge in [0.1, 0.15) is 0 Å². The largest absolute Gasteiger partial charge is 0.246 e. The second-order valence-corrected chi connectivity index (χ2v) is 13.8. The van der Waals surface area contributed by atoms with Gasteiger partial charge in [-0.05, 0) is 40.1 Å². The average Bonchev–Trinajstić information content (AvgIpc) is 3.61. The molecule has 0 fully saturated rings. The molecule has 7 aromatic carbocycles. The topological polar surface area (TPSA) is 38.7 Å². The summed E-state index contributed by atoms with van der Waals surface area (Å²) in [6.07, 6.45) is 0. The van der Waals surface area contributed by atoms with Gasteiger partial charge >= 0.3 is 0 Å². The van der Waals surface area contributed by atoms with Crippen LogP contribution in [-0.2, 0) is 0 Å². The van der Waals surface area contributed by atoms with E-state index >= 15 is 0 Å². The van der Waals surface area contributed by atoms with Crippen LogP contribution >= 0.6 is 11.3 Å². The molecule has 10 aromatic rings. The Morgan fingerprint density at radius 3 is 1.75 bits per heavy atom. The van der Waals surface area contributed by atoms with Crippen LogP contribution in [0.15, 0.2) is 176 Å². The third-order valence-electron chi connectivity index (χ3n) is 9.70. The van der Waals surface area contributed by atoms with Gasteiger partial charge in [0, 0.05) is 43.1 Å². The minimum atomic E-state index is 0.702. The van der Waals surface area contributed by atoms with Gasteiger partial charge in [0.15, 0.2) is 5.82 Å². The molecule has 0 radical (unpaired) electrons. The highest BCUT2D eigenvalue weighted by atomic mass is 32.1. The number of nitrogens with zero attached hydrogens (tertiary/aromatic N) is 3. The first-order valence-corrected chi connectivity index (χ1v) is 17.9. The van der Waals surface area contributed by atoms with Gasteiger partial charge in [-0.25, -0.2) is 15.0 Å². The fourth-order valence-electron chi connectivity index (χ4n) is 7.18. The highest BCUT2D eigenvalue weighted by Gasteiger charge is 2.18. The first kappa shape index (κ1) is 29.4. The normalized spacial score (nSPS) is 11.5. The third kappa shape index (κ3) is 5.16. The van der Waals surface area contributed by atoms with Crippen molar-refractivity contribution < 1.29 is 0 Å². The molecule has 0 aliphatic carbocycles. The molecule has 0 atom stereocenters. The highest BCUT2D eigenvalue weighted by molar-refractivity contribution is 7.26. The summed E-state index contributed by atoms with van der Waals surface area (Å²) in [5.74, 6) is 0.702. The van der Waals surface area contributed by atoms with E-state index in [0.717, 1.165) is 56.0 Å². The van der Waals surface area contributed by atoms with Crippen molar-refractivity contribution in [3.63, 3.8) is 0 Å². The SMILES string of the molecule is c1ccc(-c2cc(-c3ccccc3)nc(-c3ccc(-c4ccc5c(c4)nc(-c4cccc6ccccc46)c4sc6ccccc6c45)cc3)n2)cc1. The van der Waals surface area contributed by atoms with Crippen LogP contribution in [0.4, 0.5) is 0 Å². The van der Waals surface area contributed by atoms with Crippen molar-refractivity contribution in [1.82, 2.24) is 15.0 Å². The number of hydrogen-bond donors (Lipinski definition) is 0. The fraction of sp³-hybridized carbons (Fsp3) is 0. The Morgan fingerprint density at radius 2 is 1.00 bits per heavy atom. The lowest BCUT2D eigenvalue weighted by molar-refractivity contribution is 1.18. The van der Waals surface area contributed by atoms with Crippen molar-refractivity contribution in [2.45, 2.75) is 0 Å². The third-order valence-corrected chi connectivity index (χ3v) is 10.9. The van der Waals surface area contributed by atoms with Gasteiger partial charge in [-0.2, -0.15) is 0 Å². The number of rotatable bonds is 5. The lowest BCUT2D eigenvalue weighted by atomic mass is 9.97. The molecular weight excluding hydrogens is 639 g/mol. The second-order valence-electron chi connectivity index (χ2n) is 12.8. The number of thiophene rings is 1. The lowest BCUT2D eigenvalue weighted by Crippen LogP contribution is -1.96. The van der Waals surface area contributed by atoms with Crippen molar-refractivity contribution in [1.29, 1.82) is 0 Å². The van der Waals surface area contributed by atoms with Crippen molar-refractivity contribution >= 4 is 53.2 Å². The number of pyridine rings is 1. The van der Waals surface area contributed by atoms with Crippen LogP contribution in [-0.4, -0.2) is 15.0 Å². The quantitative estimate of drug-likeness (QED) is 0.183. The van der Waals surface area contributed by atoms with E-state index in [-0.39, 0.29) is 0 Å². The molecule has 4 heteroatoms. The van der Waals surface area contributed by atoms with Gasteiger partial charge in [0.25, 0.3) is 0 Å². The molecule has 238 valence electrons. The summed E-state index contributed by atoms with van der Waals surface area (Å²) in [5.41, 5.74) is 10.3. The van der Waals surface area contributed by atoms with E-state index in [0.29, 0.717) is 5.82 Å². The molecule has 0 N–H and O–H groups in total. The Bertz CT molecular complexity index is 2830. The zero-order valence-electron chi connectivity index (χ0n) is 27.5. The fourth-order valence-corrected chi connectivity index (χ4v) is 8.40. The van der Waals surface area contributed by atoms with Crippen LogP contribution in [0.3, 0.4) is 0 Å². The number of fused-ring (bicyclic) bond motifs is 6. The molecule has 3 aromatic heterocycles. The van der Waals surface area contributed by atoms with Crippen LogP contribution in [0.25, 0.3) is 98.1 Å². The van der Waals surface area contributed by atoms with Crippen LogP contribution in [0, 0.1) is 0 Å². The number of benzene rings is 7. The minimum absolute atomic E-state index is 0.702. The zero-order chi connectivity index (χ0) is 33.7. The van der Waals surface area contributed by atoms with Gasteiger partial charge in [0.05, 0.1) is 27.3 Å². The second kappa shape index (κ2) is 12.1. The monoisotopic (exact) mass is 667 g/mol. The van der Waals surface area contributed by atoms with E-state index in [1.807, 2.05) is 47.7 Å². The van der Waals surface area contributed by atoms with Crippen molar-refractivity contribution in [3.05, 3.63) is 176 Å². The summed E-state index contributed by atoms with van der Waals surface area (Å²) < 4.78 is 2.50. The van der Waals surface area contributed by atoms with E-state index in [1.165, 1.54) is 36.3 Å². The van der Waals surface area contributed by atoms with Crippen molar-refractivity contribution in [3.8, 4) is 56.3 Å². The maximum absolute atomic E-state index is 5.44. The molecule has 0 aliphatic heterocycles. The molecule has 0 amide bonds. The first-order valence-electron chi connectivity index (χ1n) is 17.1. The van der Waals surface area contributed by atoms with E-state index in [9.17, 15) is 0 Å². The number of aromatic nitrogens is 3. The molecule has 0 saturated carbocycles. The molecule has 10 rings (SSSR count). The van der Waals surface area contributed by atoms with Gasteiger partial charge in [-0.15, -0.1) is 11.3 Å². The van der Waals surface area contributed by atoms with Gasteiger partial charge in [-0.1, -0.05) is 158 Å². The van der Waals surface area contributed by atoms with Crippen molar-refractivity contribution in [2.24, 2.45) is 0 Å². The summed E-state index contributed by atoms with van der Waals surface area (Å²) in [4.78, 5) is 15.5. The zero-order valence-corrected chi connectivity index (χ0v) is 28.3. The summed E-state index contributed by atoms with van der Waals surface area (Å²) in [6.45, 7) is 0. The van der Waals surface area contributed by atoms with Crippen LogP contribution in [0.1, 0.15) is 0 Å². The van der Waals surface area contributed by atoms with Crippen LogP contribution in [0.2, 0.25) is 0 Å². The summed E-state index contributed by atoms with van der Waals surface area (Å²) in [5, 5.41) is 6.15. The van der Waals surface area contributed by atoms with E-state index in [1.54, 1.807) is 0 Å². The molecule has 0 saturated heterocycles. The predicted octanol–water partition coefficient (Wildman–Crippen LogP) is 12.9. The molecule has 51 heavy (non-hydrogen) atoms. The molecule has 0 aliphatic rings. The molecule has 0 unspecified atom stereocenters. The molecule has 0 bridgehead atoms.